The van der Waals surface area contributed by atoms with Crippen molar-refractivity contribution in [3.8, 4) is 0 Å². The van der Waals surface area contributed by atoms with Gasteiger partial charge in [-0.2, -0.15) is 0 Å². The highest BCUT2D eigenvalue weighted by Gasteiger charge is 2.17. The number of piperidine rings is 1. The SMILES string of the molecule is CNc1ncc(C(=O)NCC(C)N2CCCCC2)cc1Cl. The second-order valence-corrected chi connectivity index (χ2v) is 5.87. The normalized spacial score (nSPS) is 17.3. The minimum atomic E-state index is -0.129. The summed E-state index contributed by atoms with van der Waals surface area (Å²) in [5.74, 6) is 0.450. The molecule has 21 heavy (non-hydrogen) atoms. The maximum atomic E-state index is 12.1. The van der Waals surface area contributed by atoms with Crippen molar-refractivity contribution in [2.24, 2.45) is 0 Å². The molecule has 1 aliphatic rings. The van der Waals surface area contributed by atoms with E-state index < -0.39 is 0 Å². The predicted octanol–water partition coefficient (Wildman–Crippen LogP) is 2.38. The number of hydrogen-bond donors (Lipinski definition) is 2. The van der Waals surface area contributed by atoms with Crippen LogP contribution in [0.15, 0.2) is 12.3 Å². The third-order valence-corrected chi connectivity index (χ3v) is 4.20. The van der Waals surface area contributed by atoms with Crippen LogP contribution in [0.1, 0.15) is 36.5 Å². The first kappa shape index (κ1) is 16.0. The summed E-state index contributed by atoms with van der Waals surface area (Å²) in [5, 5.41) is 6.29. The topological polar surface area (TPSA) is 57.3 Å². The maximum absolute atomic E-state index is 12.1. The first-order chi connectivity index (χ1) is 10.1. The molecule has 2 rings (SSSR count). The number of halogens is 1. The van der Waals surface area contributed by atoms with Gasteiger partial charge in [0, 0.05) is 25.8 Å². The van der Waals surface area contributed by atoms with Crippen molar-refractivity contribution in [3.05, 3.63) is 22.8 Å². The molecule has 1 aromatic heterocycles. The van der Waals surface area contributed by atoms with Crippen molar-refractivity contribution in [1.29, 1.82) is 0 Å². The number of nitrogens with zero attached hydrogens (tertiary/aromatic N) is 2. The average molecular weight is 311 g/mol. The number of pyridine rings is 1. The van der Waals surface area contributed by atoms with E-state index in [-0.39, 0.29) is 5.91 Å². The largest absolute Gasteiger partial charge is 0.372 e. The van der Waals surface area contributed by atoms with E-state index in [9.17, 15) is 4.79 Å². The quantitative estimate of drug-likeness (QED) is 0.877. The second kappa shape index (κ2) is 7.61. The standard InChI is InChI=1S/C15H23ClN4O/c1-11(20-6-4-3-5-7-20)9-19-15(21)12-8-13(16)14(17-2)18-10-12/h8,10-11H,3-7,9H2,1-2H3,(H,17,18)(H,19,21). The van der Waals surface area contributed by atoms with E-state index in [2.05, 4.69) is 27.4 Å². The summed E-state index contributed by atoms with van der Waals surface area (Å²) in [6.45, 7) is 5.05. The molecule has 2 heterocycles. The van der Waals surface area contributed by atoms with Gasteiger partial charge in [-0.1, -0.05) is 18.0 Å². The van der Waals surface area contributed by atoms with Gasteiger partial charge in [0.2, 0.25) is 0 Å². The Morgan fingerprint density at radius 2 is 2.14 bits per heavy atom. The lowest BCUT2D eigenvalue weighted by atomic mass is 10.1. The molecule has 1 amide bonds. The monoisotopic (exact) mass is 310 g/mol. The van der Waals surface area contributed by atoms with Crippen LogP contribution >= 0.6 is 11.6 Å². The van der Waals surface area contributed by atoms with E-state index in [4.69, 9.17) is 11.6 Å². The number of likely N-dealkylation sites (tertiary alicyclic amines) is 1. The molecule has 0 bridgehead atoms. The van der Waals surface area contributed by atoms with Crippen LogP contribution in [0.25, 0.3) is 0 Å². The summed E-state index contributed by atoms with van der Waals surface area (Å²) in [4.78, 5) is 18.7. The van der Waals surface area contributed by atoms with Crippen LogP contribution < -0.4 is 10.6 Å². The Labute approximate surface area is 131 Å². The highest BCUT2D eigenvalue weighted by atomic mass is 35.5. The Bertz CT molecular complexity index is 489. The summed E-state index contributed by atoms with van der Waals surface area (Å²) >= 11 is 6.04. The Balaban J connectivity index is 1.87. The molecule has 0 radical (unpaired) electrons. The highest BCUT2D eigenvalue weighted by Crippen LogP contribution is 2.19. The molecule has 6 heteroatoms. The van der Waals surface area contributed by atoms with Gasteiger partial charge in [-0.15, -0.1) is 0 Å². The lowest BCUT2D eigenvalue weighted by Gasteiger charge is -2.32. The van der Waals surface area contributed by atoms with Gasteiger partial charge >= 0.3 is 0 Å². The van der Waals surface area contributed by atoms with Crippen molar-refractivity contribution < 1.29 is 4.79 Å². The van der Waals surface area contributed by atoms with Crippen LogP contribution in [0.3, 0.4) is 0 Å². The minimum Gasteiger partial charge on any atom is -0.372 e. The van der Waals surface area contributed by atoms with Gasteiger partial charge in [0.25, 0.3) is 5.91 Å². The van der Waals surface area contributed by atoms with Gasteiger partial charge in [-0.3, -0.25) is 9.69 Å². The van der Waals surface area contributed by atoms with Crippen molar-refractivity contribution in [2.45, 2.75) is 32.2 Å². The third-order valence-electron chi connectivity index (χ3n) is 3.91. The van der Waals surface area contributed by atoms with Gasteiger partial charge in [0.05, 0.1) is 10.6 Å². The minimum absolute atomic E-state index is 0.129. The van der Waals surface area contributed by atoms with Crippen LogP contribution in [0.5, 0.6) is 0 Å². The zero-order chi connectivity index (χ0) is 15.2. The van der Waals surface area contributed by atoms with E-state index in [1.54, 1.807) is 19.3 Å². The average Bonchev–Trinajstić information content (AvgIpc) is 2.53. The fourth-order valence-corrected chi connectivity index (χ4v) is 2.84. The van der Waals surface area contributed by atoms with Gasteiger partial charge in [-0.05, 0) is 38.9 Å². The number of carbonyl (C=O) groups excluding carboxylic acids is 1. The van der Waals surface area contributed by atoms with Crippen LogP contribution in [0, 0.1) is 0 Å². The van der Waals surface area contributed by atoms with Crippen molar-refractivity contribution >= 4 is 23.3 Å². The van der Waals surface area contributed by atoms with Gasteiger partial charge in [0.1, 0.15) is 5.82 Å². The summed E-state index contributed by atoms with van der Waals surface area (Å²) in [7, 11) is 1.74. The summed E-state index contributed by atoms with van der Waals surface area (Å²) < 4.78 is 0. The molecule has 1 saturated heterocycles. The lowest BCUT2D eigenvalue weighted by molar-refractivity contribution is 0.0929. The van der Waals surface area contributed by atoms with E-state index in [1.165, 1.54) is 19.3 Å². The van der Waals surface area contributed by atoms with Crippen molar-refractivity contribution in [3.63, 3.8) is 0 Å². The Morgan fingerprint density at radius 1 is 1.43 bits per heavy atom. The van der Waals surface area contributed by atoms with E-state index in [0.29, 0.717) is 29.0 Å². The molecular weight excluding hydrogens is 288 g/mol. The fraction of sp³-hybridized carbons (Fsp3) is 0.600. The summed E-state index contributed by atoms with van der Waals surface area (Å²) in [6, 6.07) is 2.00. The van der Waals surface area contributed by atoms with E-state index in [1.807, 2.05) is 0 Å². The molecule has 1 fully saturated rings. The molecular formula is C15H23ClN4O. The molecule has 2 N–H and O–H groups in total. The number of aromatic nitrogens is 1. The number of nitrogens with one attached hydrogen (secondary N) is 2. The first-order valence-electron chi connectivity index (χ1n) is 7.47. The molecule has 0 spiro atoms. The molecule has 1 aromatic rings. The first-order valence-corrected chi connectivity index (χ1v) is 7.85. The van der Waals surface area contributed by atoms with Gasteiger partial charge < -0.3 is 10.6 Å². The molecule has 5 nitrogen and oxygen atoms in total. The smallest absolute Gasteiger partial charge is 0.252 e. The second-order valence-electron chi connectivity index (χ2n) is 5.46. The van der Waals surface area contributed by atoms with Crippen LogP contribution in [-0.4, -0.2) is 48.5 Å². The molecule has 1 unspecified atom stereocenters. The fourth-order valence-electron chi connectivity index (χ4n) is 2.58. The number of rotatable bonds is 5. The van der Waals surface area contributed by atoms with Crippen molar-refractivity contribution in [2.75, 3.05) is 32.0 Å². The third kappa shape index (κ3) is 4.32. The Kier molecular flexibility index (Phi) is 5.82. The van der Waals surface area contributed by atoms with E-state index >= 15 is 0 Å². The summed E-state index contributed by atoms with van der Waals surface area (Å²) in [5.41, 5.74) is 0.491. The maximum Gasteiger partial charge on any atom is 0.252 e. The van der Waals surface area contributed by atoms with Gasteiger partial charge in [-0.25, -0.2) is 4.98 Å². The number of carbonyl (C=O) groups is 1. The number of amides is 1. The molecule has 0 saturated carbocycles. The molecule has 0 aliphatic carbocycles. The van der Waals surface area contributed by atoms with E-state index in [0.717, 1.165) is 13.1 Å². The predicted molar refractivity (Wildman–Crippen MR) is 86.0 cm³/mol. The number of anilines is 1. The van der Waals surface area contributed by atoms with Crippen LogP contribution in [0.4, 0.5) is 5.82 Å². The van der Waals surface area contributed by atoms with Crippen molar-refractivity contribution in [1.82, 2.24) is 15.2 Å². The summed E-state index contributed by atoms with van der Waals surface area (Å²) in [6.07, 6.45) is 5.36. The van der Waals surface area contributed by atoms with Gasteiger partial charge in [0.15, 0.2) is 0 Å². The lowest BCUT2D eigenvalue weighted by Crippen LogP contribution is -2.44. The molecule has 1 atom stereocenters. The number of hydrogen-bond acceptors (Lipinski definition) is 4. The Morgan fingerprint density at radius 3 is 2.76 bits per heavy atom. The molecule has 1 aliphatic heterocycles. The van der Waals surface area contributed by atoms with Crippen LogP contribution in [0.2, 0.25) is 5.02 Å². The zero-order valence-electron chi connectivity index (χ0n) is 12.7. The zero-order valence-corrected chi connectivity index (χ0v) is 13.4. The van der Waals surface area contributed by atoms with Crippen LogP contribution in [-0.2, 0) is 0 Å². The highest BCUT2D eigenvalue weighted by molar-refractivity contribution is 6.33. The molecule has 116 valence electrons. The Hall–Kier alpha value is -1.33. The molecule has 0 aromatic carbocycles.